The van der Waals surface area contributed by atoms with Crippen LogP contribution in [0.3, 0.4) is 0 Å². The van der Waals surface area contributed by atoms with Gasteiger partial charge in [-0.15, -0.1) is 0 Å². The Hall–Kier alpha value is -1.55. The van der Waals surface area contributed by atoms with Gasteiger partial charge in [-0.25, -0.2) is 4.79 Å². The summed E-state index contributed by atoms with van der Waals surface area (Å²) >= 11 is 0. The number of phenolic OH excluding ortho intramolecular Hbond substituents is 1. The topological polar surface area (TPSA) is 66.8 Å². The molecule has 0 aliphatic rings. The van der Waals surface area contributed by atoms with Crippen molar-refractivity contribution in [3.8, 4) is 5.75 Å². The predicted molar refractivity (Wildman–Crippen MR) is 64.3 cm³/mol. The maximum atomic E-state index is 11.1. The first-order valence-corrected chi connectivity index (χ1v) is 5.36. The summed E-state index contributed by atoms with van der Waals surface area (Å²) in [6.07, 6.45) is -1.00. The molecule has 4 nitrogen and oxygen atoms in total. The first-order valence-electron chi connectivity index (χ1n) is 5.36. The molecular formula is C13H18O4. The molecule has 4 heteroatoms. The molecule has 0 saturated carbocycles. The SMILES string of the molecule is COC(C(=O)O)C(C)(C)c1cc(C)ccc1O. The Balaban J connectivity index is 3.28. The van der Waals surface area contributed by atoms with Crippen LogP contribution in [0.4, 0.5) is 0 Å². The van der Waals surface area contributed by atoms with Crippen LogP contribution >= 0.6 is 0 Å². The zero-order valence-electron chi connectivity index (χ0n) is 10.5. The van der Waals surface area contributed by atoms with Gasteiger partial charge in [0, 0.05) is 18.1 Å². The number of benzene rings is 1. The van der Waals surface area contributed by atoms with Crippen molar-refractivity contribution in [3.05, 3.63) is 29.3 Å². The van der Waals surface area contributed by atoms with Gasteiger partial charge in [-0.1, -0.05) is 31.5 Å². The molecule has 0 aromatic heterocycles. The second kappa shape index (κ2) is 4.75. The van der Waals surface area contributed by atoms with Crippen LogP contribution in [-0.4, -0.2) is 29.4 Å². The number of phenols is 1. The molecule has 1 rings (SSSR count). The average Bonchev–Trinajstić information content (AvgIpc) is 2.21. The van der Waals surface area contributed by atoms with E-state index in [4.69, 9.17) is 9.84 Å². The normalized spacial score (nSPS) is 13.4. The second-order valence-electron chi connectivity index (χ2n) is 4.70. The molecule has 0 heterocycles. The van der Waals surface area contributed by atoms with Crippen LogP contribution in [0.2, 0.25) is 0 Å². The number of carbonyl (C=O) groups is 1. The molecule has 17 heavy (non-hydrogen) atoms. The minimum Gasteiger partial charge on any atom is -0.508 e. The predicted octanol–water partition coefficient (Wildman–Crippen LogP) is 2.08. The average molecular weight is 238 g/mol. The van der Waals surface area contributed by atoms with Gasteiger partial charge in [0.2, 0.25) is 0 Å². The quantitative estimate of drug-likeness (QED) is 0.842. The van der Waals surface area contributed by atoms with Crippen molar-refractivity contribution in [3.63, 3.8) is 0 Å². The maximum Gasteiger partial charge on any atom is 0.333 e. The van der Waals surface area contributed by atoms with E-state index in [1.54, 1.807) is 32.0 Å². The smallest absolute Gasteiger partial charge is 0.333 e. The Labute approximate surface area is 101 Å². The summed E-state index contributed by atoms with van der Waals surface area (Å²) < 4.78 is 5.02. The van der Waals surface area contributed by atoms with Gasteiger partial charge in [0.25, 0.3) is 0 Å². The number of rotatable bonds is 4. The lowest BCUT2D eigenvalue weighted by atomic mass is 9.78. The lowest BCUT2D eigenvalue weighted by Crippen LogP contribution is -2.41. The van der Waals surface area contributed by atoms with Crippen molar-refractivity contribution in [2.75, 3.05) is 7.11 Å². The Morgan fingerprint density at radius 1 is 1.41 bits per heavy atom. The van der Waals surface area contributed by atoms with Crippen molar-refractivity contribution in [2.45, 2.75) is 32.3 Å². The number of carboxylic acid groups (broad SMARTS) is 1. The highest BCUT2D eigenvalue weighted by Crippen LogP contribution is 2.35. The van der Waals surface area contributed by atoms with Crippen LogP contribution in [0.25, 0.3) is 0 Å². The van der Waals surface area contributed by atoms with Crippen molar-refractivity contribution in [1.29, 1.82) is 0 Å². The Kier molecular flexibility index (Phi) is 3.78. The third-order valence-corrected chi connectivity index (χ3v) is 2.96. The minimum absolute atomic E-state index is 0.0869. The molecule has 1 aromatic carbocycles. The summed E-state index contributed by atoms with van der Waals surface area (Å²) in [7, 11) is 1.35. The van der Waals surface area contributed by atoms with Crippen LogP contribution < -0.4 is 0 Å². The number of aryl methyl sites for hydroxylation is 1. The highest BCUT2D eigenvalue weighted by molar-refractivity contribution is 5.75. The van der Waals surface area contributed by atoms with E-state index >= 15 is 0 Å². The molecule has 0 aliphatic heterocycles. The van der Waals surface area contributed by atoms with Crippen LogP contribution in [0, 0.1) is 6.92 Å². The highest BCUT2D eigenvalue weighted by Gasteiger charge is 2.38. The summed E-state index contributed by atoms with van der Waals surface area (Å²) in [5.41, 5.74) is 0.731. The summed E-state index contributed by atoms with van der Waals surface area (Å²) in [6.45, 7) is 5.37. The second-order valence-corrected chi connectivity index (χ2v) is 4.70. The van der Waals surface area contributed by atoms with Crippen molar-refractivity contribution >= 4 is 5.97 Å². The first-order chi connectivity index (χ1) is 7.80. The fourth-order valence-corrected chi connectivity index (χ4v) is 2.01. The van der Waals surface area contributed by atoms with Gasteiger partial charge in [0.1, 0.15) is 5.75 Å². The summed E-state index contributed by atoms with van der Waals surface area (Å²) in [4.78, 5) is 11.1. The van der Waals surface area contributed by atoms with Gasteiger partial charge in [-0.3, -0.25) is 0 Å². The zero-order valence-corrected chi connectivity index (χ0v) is 10.5. The molecule has 0 radical (unpaired) electrons. The van der Waals surface area contributed by atoms with Crippen LogP contribution in [-0.2, 0) is 14.9 Å². The fourth-order valence-electron chi connectivity index (χ4n) is 2.01. The van der Waals surface area contributed by atoms with Gasteiger partial charge in [0.15, 0.2) is 6.10 Å². The third kappa shape index (κ3) is 2.58. The maximum absolute atomic E-state index is 11.1. The fraction of sp³-hybridized carbons (Fsp3) is 0.462. The van der Waals surface area contributed by atoms with Gasteiger partial charge in [-0.05, 0) is 13.0 Å². The Morgan fingerprint density at radius 3 is 2.47 bits per heavy atom. The number of carboxylic acids is 1. The lowest BCUT2D eigenvalue weighted by Gasteiger charge is -2.31. The molecule has 0 fully saturated rings. The van der Waals surface area contributed by atoms with Gasteiger partial charge < -0.3 is 14.9 Å². The molecule has 1 aromatic rings. The molecular weight excluding hydrogens is 220 g/mol. The molecule has 1 unspecified atom stereocenters. The molecule has 0 bridgehead atoms. The molecule has 2 N–H and O–H groups in total. The molecule has 1 atom stereocenters. The van der Waals surface area contributed by atoms with E-state index in [0.717, 1.165) is 5.56 Å². The van der Waals surface area contributed by atoms with Crippen molar-refractivity contribution < 1.29 is 19.7 Å². The number of ether oxygens (including phenoxy) is 1. The first kappa shape index (κ1) is 13.5. The molecule has 0 saturated heterocycles. The number of hydrogen-bond donors (Lipinski definition) is 2. The van der Waals surface area contributed by atoms with Gasteiger partial charge in [-0.2, -0.15) is 0 Å². The zero-order chi connectivity index (χ0) is 13.2. The largest absolute Gasteiger partial charge is 0.508 e. The standard InChI is InChI=1S/C13H18O4/c1-8-5-6-10(14)9(7-8)13(2,3)11(17-4)12(15)16/h5-7,11,14H,1-4H3,(H,15,16). The Bertz CT molecular complexity index is 423. The van der Waals surface area contributed by atoms with Crippen molar-refractivity contribution in [1.82, 2.24) is 0 Å². The van der Waals surface area contributed by atoms with E-state index in [2.05, 4.69) is 0 Å². The van der Waals surface area contributed by atoms with E-state index in [-0.39, 0.29) is 5.75 Å². The van der Waals surface area contributed by atoms with E-state index in [0.29, 0.717) is 5.56 Å². The summed E-state index contributed by atoms with van der Waals surface area (Å²) in [6, 6.07) is 5.13. The number of hydrogen-bond acceptors (Lipinski definition) is 3. The van der Waals surface area contributed by atoms with E-state index in [1.807, 2.05) is 6.92 Å². The lowest BCUT2D eigenvalue weighted by molar-refractivity contribution is -0.152. The minimum atomic E-state index is -1.04. The van der Waals surface area contributed by atoms with Crippen LogP contribution in [0.15, 0.2) is 18.2 Å². The number of methoxy groups -OCH3 is 1. The molecule has 94 valence electrons. The third-order valence-electron chi connectivity index (χ3n) is 2.96. The van der Waals surface area contributed by atoms with E-state index < -0.39 is 17.5 Å². The van der Waals surface area contributed by atoms with Gasteiger partial charge in [0.05, 0.1) is 0 Å². The number of aliphatic carboxylic acids is 1. The molecule has 0 aliphatic carbocycles. The summed E-state index contributed by atoms with van der Waals surface area (Å²) in [5.74, 6) is -0.956. The van der Waals surface area contributed by atoms with E-state index in [1.165, 1.54) is 7.11 Å². The van der Waals surface area contributed by atoms with Gasteiger partial charge >= 0.3 is 5.97 Å². The monoisotopic (exact) mass is 238 g/mol. The van der Waals surface area contributed by atoms with Crippen LogP contribution in [0.5, 0.6) is 5.75 Å². The van der Waals surface area contributed by atoms with Crippen molar-refractivity contribution in [2.24, 2.45) is 0 Å². The molecule has 0 amide bonds. The summed E-state index contributed by atoms with van der Waals surface area (Å²) in [5, 5.41) is 19.0. The highest BCUT2D eigenvalue weighted by atomic mass is 16.5. The Morgan fingerprint density at radius 2 is 2.00 bits per heavy atom. The molecule has 0 spiro atoms. The van der Waals surface area contributed by atoms with Crippen LogP contribution in [0.1, 0.15) is 25.0 Å². The van der Waals surface area contributed by atoms with E-state index in [9.17, 15) is 9.90 Å². The number of aromatic hydroxyl groups is 1.